The number of hydrogen-bond acceptors (Lipinski definition) is 2. The molecule has 0 spiro atoms. The lowest BCUT2D eigenvalue weighted by Crippen LogP contribution is -2.33. The summed E-state index contributed by atoms with van der Waals surface area (Å²) in [5.41, 5.74) is 4.95. The zero-order valence-electron chi connectivity index (χ0n) is 16.2. The van der Waals surface area contributed by atoms with Crippen molar-refractivity contribution in [2.75, 3.05) is 10.6 Å². The van der Waals surface area contributed by atoms with Crippen LogP contribution in [0, 0.1) is 5.92 Å². The highest BCUT2D eigenvalue weighted by Crippen LogP contribution is 2.51. The molecule has 0 saturated heterocycles. The molecule has 2 aromatic rings. The standard InChI is InChI=1S/C24H30N2O/c1-2-3-13-23(27)25-18-14-15-22-21(16-18)19-11-7-8-12-20(19)24(26-22)17-9-5-4-6-10-17/h4-6,9-10,14-16,19-20,24,26H,2-3,7-8,11-13H2,1H3,(H,25,27). The van der Waals surface area contributed by atoms with Crippen molar-refractivity contribution in [2.24, 2.45) is 5.92 Å². The zero-order valence-corrected chi connectivity index (χ0v) is 16.2. The van der Waals surface area contributed by atoms with Gasteiger partial charge >= 0.3 is 0 Å². The average molecular weight is 363 g/mol. The minimum atomic E-state index is 0.128. The van der Waals surface area contributed by atoms with Gasteiger partial charge in [0.25, 0.3) is 0 Å². The van der Waals surface area contributed by atoms with Gasteiger partial charge in [0.2, 0.25) is 5.91 Å². The van der Waals surface area contributed by atoms with E-state index in [0.29, 0.717) is 24.3 Å². The Balaban J connectivity index is 1.61. The van der Waals surface area contributed by atoms with Crippen molar-refractivity contribution in [1.82, 2.24) is 0 Å². The van der Waals surface area contributed by atoms with Crippen molar-refractivity contribution in [3.05, 3.63) is 59.7 Å². The average Bonchev–Trinajstić information content (AvgIpc) is 2.72. The Morgan fingerprint density at radius 3 is 2.74 bits per heavy atom. The Morgan fingerprint density at radius 1 is 1.11 bits per heavy atom. The summed E-state index contributed by atoms with van der Waals surface area (Å²) in [6, 6.07) is 17.7. The fourth-order valence-electron chi connectivity index (χ4n) is 4.85. The van der Waals surface area contributed by atoms with Gasteiger partial charge in [-0.15, -0.1) is 0 Å². The predicted molar refractivity (Wildman–Crippen MR) is 112 cm³/mol. The Kier molecular flexibility index (Phi) is 5.47. The van der Waals surface area contributed by atoms with Crippen LogP contribution in [0.2, 0.25) is 0 Å². The normalized spacial score (nSPS) is 23.7. The van der Waals surface area contributed by atoms with E-state index in [1.807, 2.05) is 6.07 Å². The number of carbonyl (C=O) groups is 1. The van der Waals surface area contributed by atoms with Gasteiger partial charge in [-0.3, -0.25) is 4.79 Å². The third-order valence-corrected chi connectivity index (χ3v) is 6.21. The van der Waals surface area contributed by atoms with E-state index in [2.05, 4.69) is 60.0 Å². The van der Waals surface area contributed by atoms with Gasteiger partial charge in [0.05, 0.1) is 6.04 Å². The smallest absolute Gasteiger partial charge is 0.224 e. The molecule has 3 unspecified atom stereocenters. The van der Waals surface area contributed by atoms with E-state index in [9.17, 15) is 4.79 Å². The second-order valence-corrected chi connectivity index (χ2v) is 8.04. The van der Waals surface area contributed by atoms with Crippen molar-refractivity contribution in [2.45, 2.75) is 63.8 Å². The van der Waals surface area contributed by atoms with Crippen LogP contribution in [-0.4, -0.2) is 5.91 Å². The second kappa shape index (κ2) is 8.16. The molecular formula is C24H30N2O. The van der Waals surface area contributed by atoms with Crippen LogP contribution in [0.1, 0.15) is 75.0 Å². The number of benzene rings is 2. The third-order valence-electron chi connectivity index (χ3n) is 6.21. The van der Waals surface area contributed by atoms with Crippen LogP contribution in [0.4, 0.5) is 11.4 Å². The summed E-state index contributed by atoms with van der Waals surface area (Å²) < 4.78 is 0. The van der Waals surface area contributed by atoms with Crippen LogP contribution in [0.25, 0.3) is 0 Å². The van der Waals surface area contributed by atoms with Crippen LogP contribution >= 0.6 is 0 Å². The van der Waals surface area contributed by atoms with E-state index in [-0.39, 0.29) is 5.91 Å². The van der Waals surface area contributed by atoms with Crippen molar-refractivity contribution >= 4 is 17.3 Å². The summed E-state index contributed by atoms with van der Waals surface area (Å²) in [4.78, 5) is 12.1. The molecule has 1 aliphatic carbocycles. The van der Waals surface area contributed by atoms with Gasteiger partial charge in [-0.2, -0.15) is 0 Å². The van der Waals surface area contributed by atoms with Crippen LogP contribution < -0.4 is 10.6 Å². The van der Waals surface area contributed by atoms with Crippen molar-refractivity contribution < 1.29 is 4.79 Å². The summed E-state index contributed by atoms with van der Waals surface area (Å²) in [6.45, 7) is 2.12. The zero-order chi connectivity index (χ0) is 18.6. The van der Waals surface area contributed by atoms with Crippen LogP contribution in [-0.2, 0) is 4.79 Å². The predicted octanol–water partition coefficient (Wildman–Crippen LogP) is 6.26. The lowest BCUT2D eigenvalue weighted by Gasteiger charge is -2.44. The highest BCUT2D eigenvalue weighted by molar-refractivity contribution is 5.91. The van der Waals surface area contributed by atoms with Gasteiger partial charge in [-0.1, -0.05) is 56.5 Å². The topological polar surface area (TPSA) is 41.1 Å². The lowest BCUT2D eigenvalue weighted by atomic mass is 9.68. The molecule has 2 aromatic carbocycles. The van der Waals surface area contributed by atoms with Gasteiger partial charge in [-0.05, 0) is 60.4 Å². The molecule has 1 aliphatic heterocycles. The number of carbonyl (C=O) groups excluding carboxylic acids is 1. The number of fused-ring (bicyclic) bond motifs is 3. The maximum atomic E-state index is 12.1. The summed E-state index contributed by atoms with van der Waals surface area (Å²) in [5, 5.41) is 6.91. The second-order valence-electron chi connectivity index (χ2n) is 8.04. The third kappa shape index (κ3) is 3.87. The SMILES string of the molecule is CCCCC(=O)Nc1ccc2c(c1)C1CCCCC1C(c1ccccc1)N2. The van der Waals surface area contributed by atoms with Crippen molar-refractivity contribution in [1.29, 1.82) is 0 Å². The summed E-state index contributed by atoms with van der Waals surface area (Å²) >= 11 is 0. The first kappa shape index (κ1) is 18.1. The molecular weight excluding hydrogens is 332 g/mol. The maximum Gasteiger partial charge on any atom is 0.224 e. The Hall–Kier alpha value is -2.29. The van der Waals surface area contributed by atoms with Gasteiger partial charge in [0.15, 0.2) is 0 Å². The largest absolute Gasteiger partial charge is 0.378 e. The fourth-order valence-corrected chi connectivity index (χ4v) is 4.85. The summed E-state index contributed by atoms with van der Waals surface area (Å²) in [6.07, 6.45) is 7.73. The van der Waals surface area contributed by atoms with E-state index in [0.717, 1.165) is 18.5 Å². The Morgan fingerprint density at radius 2 is 1.93 bits per heavy atom. The first-order valence-corrected chi connectivity index (χ1v) is 10.5. The molecule has 1 amide bonds. The van der Waals surface area contributed by atoms with E-state index < -0.39 is 0 Å². The van der Waals surface area contributed by atoms with E-state index >= 15 is 0 Å². The Bertz CT molecular complexity index is 786. The van der Waals surface area contributed by atoms with Gasteiger partial charge in [0, 0.05) is 17.8 Å². The van der Waals surface area contributed by atoms with E-state index in [4.69, 9.17) is 0 Å². The fraction of sp³-hybridized carbons (Fsp3) is 0.458. The van der Waals surface area contributed by atoms with Crippen molar-refractivity contribution in [3.63, 3.8) is 0 Å². The quantitative estimate of drug-likeness (QED) is 0.659. The summed E-state index contributed by atoms with van der Waals surface area (Å²) in [7, 11) is 0. The van der Waals surface area contributed by atoms with E-state index in [1.54, 1.807) is 0 Å². The molecule has 2 N–H and O–H groups in total. The molecule has 2 aliphatic rings. The van der Waals surface area contributed by atoms with Crippen LogP contribution in [0.15, 0.2) is 48.5 Å². The number of unbranched alkanes of at least 4 members (excludes halogenated alkanes) is 1. The highest BCUT2D eigenvalue weighted by Gasteiger charge is 2.38. The highest BCUT2D eigenvalue weighted by atomic mass is 16.1. The number of rotatable bonds is 5. The van der Waals surface area contributed by atoms with Crippen molar-refractivity contribution in [3.8, 4) is 0 Å². The molecule has 1 fully saturated rings. The number of nitrogens with one attached hydrogen (secondary N) is 2. The Labute approximate surface area is 162 Å². The first-order valence-electron chi connectivity index (χ1n) is 10.5. The monoisotopic (exact) mass is 362 g/mol. The minimum absolute atomic E-state index is 0.128. The molecule has 0 aromatic heterocycles. The molecule has 0 bridgehead atoms. The molecule has 3 heteroatoms. The molecule has 1 saturated carbocycles. The molecule has 1 heterocycles. The van der Waals surface area contributed by atoms with Gasteiger partial charge in [-0.25, -0.2) is 0 Å². The molecule has 4 rings (SSSR count). The molecule has 0 radical (unpaired) electrons. The van der Waals surface area contributed by atoms with Gasteiger partial charge < -0.3 is 10.6 Å². The first-order chi connectivity index (χ1) is 13.3. The van der Waals surface area contributed by atoms with E-state index in [1.165, 1.54) is 42.5 Å². The number of anilines is 2. The van der Waals surface area contributed by atoms with Gasteiger partial charge in [0.1, 0.15) is 0 Å². The number of amides is 1. The molecule has 142 valence electrons. The minimum Gasteiger partial charge on any atom is -0.378 e. The molecule has 3 nitrogen and oxygen atoms in total. The molecule has 27 heavy (non-hydrogen) atoms. The van der Waals surface area contributed by atoms with Crippen LogP contribution in [0.3, 0.4) is 0 Å². The molecule has 3 atom stereocenters. The van der Waals surface area contributed by atoms with Crippen LogP contribution in [0.5, 0.6) is 0 Å². The lowest BCUT2D eigenvalue weighted by molar-refractivity contribution is -0.116. The maximum absolute atomic E-state index is 12.1. The summed E-state index contributed by atoms with van der Waals surface area (Å²) in [5.74, 6) is 1.33. The number of hydrogen-bond donors (Lipinski definition) is 2.